The maximum atomic E-state index is 14.1. The number of hydrogen-bond acceptors (Lipinski definition) is 20. The third-order valence-corrected chi connectivity index (χ3v) is 11.7. The SMILES string of the molecule is COc1ccc(-c2cc(=O)c3c(O)cc(O[C@@H]4O[C@H](CO)[C@@H](O[C@@H]5O[C@H](CO)[C@H](O)[C@H](O)[C@H]5O)[C@H](O)[C@H]4NC(C)=O)c(-c4cc(-c5cc(=O)c6c(O)cc(OC)cc6o5)ccc4OC)c3o2)cc1. The fourth-order valence-corrected chi connectivity index (χ4v) is 8.28. The van der Waals surface area contributed by atoms with Crippen molar-refractivity contribution in [1.29, 1.82) is 0 Å². The van der Waals surface area contributed by atoms with E-state index in [0.717, 1.165) is 19.1 Å². The minimum absolute atomic E-state index is 0.00525. The molecule has 21 heteroatoms. The first-order chi connectivity index (χ1) is 32.6. The molecule has 6 aromatic rings. The van der Waals surface area contributed by atoms with Gasteiger partial charge in [-0.15, -0.1) is 0 Å². The van der Waals surface area contributed by atoms with Crippen molar-refractivity contribution >= 4 is 27.8 Å². The third-order valence-electron chi connectivity index (χ3n) is 11.7. The van der Waals surface area contributed by atoms with Crippen molar-refractivity contribution < 1.29 is 87.6 Å². The number of rotatable bonds is 13. The molecule has 8 rings (SSSR count). The standard InChI is InChI=1S/C47H47NO20/c1-19(51)48-39-41(57)44(68-47-43(59)42(58)40(56)34(17-49)66-47)35(18-50)67-46(39)65-33-16-28(55)38-27(54)15-30(20-5-8-22(60-2)9-6-20)64-45(38)36(33)24-11-21(7-10-29(24)62-4)31-14-26(53)37-25(52)12-23(61-3)13-32(37)63-31/h5-16,34-35,39-44,46-47,49-50,52,55-59H,17-18H2,1-4H3,(H,48,51)/t34-,35-,39-,40+,41-,42+,43-,44-,46-,47+/m1/s1. The lowest BCUT2D eigenvalue weighted by Gasteiger charge is -2.47. The summed E-state index contributed by atoms with van der Waals surface area (Å²) in [6, 6.07) is 15.6. The Hall–Kier alpha value is -6.79. The van der Waals surface area contributed by atoms with Crippen molar-refractivity contribution in [1.82, 2.24) is 5.32 Å². The number of aliphatic hydroxyl groups excluding tert-OH is 6. The number of aliphatic hydroxyl groups is 6. The van der Waals surface area contributed by atoms with E-state index < -0.39 is 97.1 Å². The second-order valence-electron chi connectivity index (χ2n) is 15.9. The Labute approximate surface area is 384 Å². The molecule has 2 aromatic heterocycles. The van der Waals surface area contributed by atoms with E-state index in [1.54, 1.807) is 30.3 Å². The van der Waals surface area contributed by atoms with E-state index in [1.807, 2.05) is 0 Å². The van der Waals surface area contributed by atoms with Gasteiger partial charge in [0.15, 0.2) is 22.7 Å². The fourth-order valence-electron chi connectivity index (χ4n) is 8.28. The molecule has 1 amide bonds. The van der Waals surface area contributed by atoms with E-state index in [4.69, 9.17) is 42.0 Å². The van der Waals surface area contributed by atoms with E-state index >= 15 is 0 Å². The maximum Gasteiger partial charge on any atom is 0.223 e. The summed E-state index contributed by atoms with van der Waals surface area (Å²) in [7, 11) is 4.20. The zero-order chi connectivity index (χ0) is 48.7. The zero-order valence-corrected chi connectivity index (χ0v) is 36.6. The van der Waals surface area contributed by atoms with E-state index in [9.17, 15) is 55.2 Å². The summed E-state index contributed by atoms with van der Waals surface area (Å²) in [5.74, 6) is -1.19. The van der Waals surface area contributed by atoms with E-state index in [1.165, 1.54) is 51.7 Å². The molecule has 0 bridgehead atoms. The van der Waals surface area contributed by atoms with Crippen molar-refractivity contribution in [3.63, 3.8) is 0 Å². The van der Waals surface area contributed by atoms with Crippen LogP contribution in [0.5, 0.6) is 34.5 Å². The summed E-state index contributed by atoms with van der Waals surface area (Å²) in [5.41, 5.74) is -0.884. The van der Waals surface area contributed by atoms with Crippen LogP contribution >= 0.6 is 0 Å². The summed E-state index contributed by atoms with van der Waals surface area (Å²) in [4.78, 5) is 40.3. The molecular formula is C47H47NO20. The van der Waals surface area contributed by atoms with Crippen LogP contribution in [-0.2, 0) is 19.0 Å². The molecule has 0 unspecified atom stereocenters. The molecular weight excluding hydrogens is 899 g/mol. The van der Waals surface area contributed by atoms with Gasteiger partial charge in [0.25, 0.3) is 0 Å². The number of fused-ring (bicyclic) bond motifs is 2. The van der Waals surface area contributed by atoms with Gasteiger partial charge in [0, 0.05) is 53.9 Å². The summed E-state index contributed by atoms with van der Waals surface area (Å²) in [6.07, 6.45) is -15.6. The topological polar surface area (TPSA) is 316 Å². The van der Waals surface area contributed by atoms with Crippen LogP contribution in [0.25, 0.3) is 55.7 Å². The lowest BCUT2D eigenvalue weighted by Crippen LogP contribution is -2.68. The largest absolute Gasteiger partial charge is 0.507 e. The Morgan fingerprint density at radius 2 is 1.28 bits per heavy atom. The van der Waals surface area contributed by atoms with Crippen LogP contribution in [-0.4, -0.2) is 143 Å². The average molecular weight is 946 g/mol. The zero-order valence-electron chi connectivity index (χ0n) is 36.6. The number of aromatic hydroxyl groups is 2. The van der Waals surface area contributed by atoms with Crippen molar-refractivity contribution in [3.8, 4) is 68.3 Å². The monoisotopic (exact) mass is 945 g/mol. The van der Waals surface area contributed by atoms with Crippen molar-refractivity contribution in [2.24, 2.45) is 0 Å². The average Bonchev–Trinajstić information content (AvgIpc) is 3.32. The van der Waals surface area contributed by atoms with Gasteiger partial charge in [-0.25, -0.2) is 0 Å². The Kier molecular flexibility index (Phi) is 13.6. The van der Waals surface area contributed by atoms with Gasteiger partial charge in [-0.3, -0.25) is 14.4 Å². The molecule has 0 radical (unpaired) electrons. The summed E-state index contributed by atoms with van der Waals surface area (Å²) in [6.45, 7) is -0.565. The van der Waals surface area contributed by atoms with Crippen LogP contribution in [0.3, 0.4) is 0 Å². The third kappa shape index (κ3) is 8.89. The van der Waals surface area contributed by atoms with Crippen molar-refractivity contribution in [3.05, 3.63) is 93.2 Å². The van der Waals surface area contributed by atoms with Crippen LogP contribution in [0, 0.1) is 0 Å². The molecule has 360 valence electrons. The van der Waals surface area contributed by atoms with Crippen LogP contribution < -0.4 is 35.1 Å². The van der Waals surface area contributed by atoms with Gasteiger partial charge in [0.2, 0.25) is 12.2 Å². The Morgan fingerprint density at radius 1 is 0.647 bits per heavy atom. The van der Waals surface area contributed by atoms with Crippen molar-refractivity contribution in [2.75, 3.05) is 34.5 Å². The summed E-state index contributed by atoms with van der Waals surface area (Å²) in [5, 5.41) is 88.1. The van der Waals surface area contributed by atoms with E-state index in [-0.39, 0.29) is 73.1 Å². The van der Waals surface area contributed by atoms with E-state index in [0.29, 0.717) is 11.3 Å². The van der Waals surface area contributed by atoms with Gasteiger partial charge >= 0.3 is 0 Å². The number of carbonyl (C=O) groups is 1. The number of nitrogens with one attached hydrogen (secondary N) is 1. The highest BCUT2D eigenvalue weighted by Gasteiger charge is 2.52. The Morgan fingerprint density at radius 3 is 1.93 bits per heavy atom. The molecule has 0 spiro atoms. The molecule has 0 aliphatic carbocycles. The molecule has 9 N–H and O–H groups in total. The number of phenolic OH excluding ortho intramolecular Hbond substituents is 2. The molecule has 10 atom stereocenters. The second kappa shape index (κ2) is 19.4. The number of hydrogen-bond donors (Lipinski definition) is 9. The Balaban J connectivity index is 1.30. The van der Waals surface area contributed by atoms with Gasteiger partial charge in [-0.1, -0.05) is 0 Å². The molecule has 68 heavy (non-hydrogen) atoms. The molecule has 2 saturated heterocycles. The number of amides is 1. The van der Waals surface area contributed by atoms with Crippen LogP contribution in [0.4, 0.5) is 0 Å². The van der Waals surface area contributed by atoms with E-state index in [2.05, 4.69) is 5.32 Å². The highest BCUT2D eigenvalue weighted by Crippen LogP contribution is 2.47. The highest BCUT2D eigenvalue weighted by molar-refractivity contribution is 6.01. The first-order valence-corrected chi connectivity index (χ1v) is 21.0. The quantitative estimate of drug-likeness (QED) is 0.0792. The van der Waals surface area contributed by atoms with Gasteiger partial charge in [-0.2, -0.15) is 0 Å². The minimum Gasteiger partial charge on any atom is -0.507 e. The molecule has 21 nitrogen and oxygen atoms in total. The van der Waals surface area contributed by atoms with Crippen LogP contribution in [0.1, 0.15) is 6.92 Å². The smallest absolute Gasteiger partial charge is 0.223 e. The Bertz CT molecular complexity index is 2950. The first kappa shape index (κ1) is 47.7. The number of carbonyl (C=O) groups excluding carboxylic acids is 1. The number of ether oxygens (including phenoxy) is 7. The van der Waals surface area contributed by atoms with Gasteiger partial charge in [0.05, 0.1) is 40.1 Å². The van der Waals surface area contributed by atoms with Crippen LogP contribution in [0.2, 0.25) is 0 Å². The first-order valence-electron chi connectivity index (χ1n) is 21.0. The van der Waals surface area contributed by atoms with Crippen molar-refractivity contribution in [2.45, 2.75) is 68.3 Å². The molecule has 2 fully saturated rings. The second-order valence-corrected chi connectivity index (χ2v) is 15.9. The number of phenols is 2. The molecule has 4 aromatic carbocycles. The predicted octanol–water partition coefficient (Wildman–Crippen LogP) is 1.48. The maximum absolute atomic E-state index is 14.1. The summed E-state index contributed by atoms with van der Waals surface area (Å²) >= 11 is 0. The summed E-state index contributed by atoms with van der Waals surface area (Å²) < 4.78 is 53.0. The fraction of sp³-hybridized carbons (Fsp3) is 0.340. The normalized spacial score (nSPS) is 25.0. The van der Waals surface area contributed by atoms with Gasteiger partial charge < -0.3 is 88.2 Å². The lowest BCUT2D eigenvalue weighted by molar-refractivity contribution is -0.343. The molecule has 2 aliphatic rings. The number of methoxy groups -OCH3 is 3. The van der Waals surface area contributed by atoms with Gasteiger partial charge in [0.1, 0.15) is 111 Å². The molecule has 4 heterocycles. The number of benzene rings is 4. The molecule has 2 aliphatic heterocycles. The highest BCUT2D eigenvalue weighted by atomic mass is 16.7. The predicted molar refractivity (Wildman–Crippen MR) is 236 cm³/mol. The van der Waals surface area contributed by atoms with Gasteiger partial charge in [-0.05, 0) is 42.5 Å². The van der Waals surface area contributed by atoms with Crippen LogP contribution in [0.15, 0.2) is 91.2 Å². The minimum atomic E-state index is -1.92. The lowest BCUT2D eigenvalue weighted by atomic mass is 9.95. The molecule has 0 saturated carbocycles.